The smallest absolute Gasteiger partial charge is 0.246 e. The first kappa shape index (κ1) is 17.3. The van der Waals surface area contributed by atoms with Gasteiger partial charge in [-0.25, -0.2) is 4.39 Å². The Balaban J connectivity index is 1.48. The van der Waals surface area contributed by atoms with Gasteiger partial charge >= 0.3 is 0 Å². The van der Waals surface area contributed by atoms with Gasteiger partial charge in [-0.15, -0.1) is 11.3 Å². The van der Waals surface area contributed by atoms with Gasteiger partial charge in [-0.05, 0) is 51.8 Å². The maximum Gasteiger partial charge on any atom is 0.246 e. The molecule has 1 saturated heterocycles. The summed E-state index contributed by atoms with van der Waals surface area (Å²) in [6.07, 6.45) is 3.32. The van der Waals surface area contributed by atoms with Gasteiger partial charge in [0.05, 0.1) is 34.8 Å². The Hall–Kier alpha value is -1.50. The highest BCUT2D eigenvalue weighted by Crippen LogP contribution is 2.21. The van der Waals surface area contributed by atoms with Crippen molar-refractivity contribution in [2.24, 2.45) is 0 Å². The molecule has 3 nitrogen and oxygen atoms in total. The van der Waals surface area contributed by atoms with Crippen molar-refractivity contribution < 1.29 is 14.1 Å². The van der Waals surface area contributed by atoms with Crippen molar-refractivity contribution in [3.8, 4) is 0 Å². The standard InChI is InChI=1S/C18H18BrFN2OS/c19-17-7-6-16(24-17)13-21-9-11-22(12-10-21)18(23)8-3-14-1-4-15(20)5-2-14/h1-8H,9-13H2/p+1/b8-3+. The van der Waals surface area contributed by atoms with Gasteiger partial charge in [0.15, 0.2) is 0 Å². The molecule has 0 atom stereocenters. The average Bonchev–Trinajstić information content (AvgIpc) is 2.99. The van der Waals surface area contributed by atoms with Crippen molar-refractivity contribution in [3.63, 3.8) is 0 Å². The first-order valence-corrected chi connectivity index (χ1v) is 9.51. The van der Waals surface area contributed by atoms with E-state index < -0.39 is 0 Å². The second-order valence-corrected chi connectivity index (χ2v) is 8.39. The van der Waals surface area contributed by atoms with Crippen LogP contribution in [0.4, 0.5) is 4.39 Å². The molecule has 0 aliphatic carbocycles. The van der Waals surface area contributed by atoms with Crippen molar-refractivity contribution in [2.45, 2.75) is 6.54 Å². The maximum absolute atomic E-state index is 12.9. The number of benzene rings is 1. The summed E-state index contributed by atoms with van der Waals surface area (Å²) in [6.45, 7) is 4.49. The van der Waals surface area contributed by atoms with Gasteiger partial charge in [0, 0.05) is 6.08 Å². The number of halogens is 2. The number of amides is 1. The quantitative estimate of drug-likeness (QED) is 0.771. The van der Waals surface area contributed by atoms with Crippen LogP contribution >= 0.6 is 27.3 Å². The van der Waals surface area contributed by atoms with E-state index in [0.29, 0.717) is 0 Å². The van der Waals surface area contributed by atoms with Crippen LogP contribution in [-0.2, 0) is 11.3 Å². The fraction of sp³-hybridized carbons (Fsp3) is 0.278. The number of hydrogen-bond donors (Lipinski definition) is 1. The minimum Gasteiger partial charge on any atom is -0.328 e. The molecule has 0 saturated carbocycles. The van der Waals surface area contributed by atoms with Crippen molar-refractivity contribution in [1.29, 1.82) is 0 Å². The Bertz CT molecular complexity index is 721. The third-order valence-corrected chi connectivity index (χ3v) is 5.75. The number of nitrogens with one attached hydrogen (secondary N) is 1. The predicted octanol–water partition coefficient (Wildman–Crippen LogP) is 2.59. The van der Waals surface area contributed by atoms with Gasteiger partial charge in [-0.2, -0.15) is 0 Å². The lowest BCUT2D eigenvalue weighted by Crippen LogP contribution is -3.13. The van der Waals surface area contributed by atoms with Crippen LogP contribution in [0.15, 0.2) is 46.3 Å². The molecular weight excluding hydrogens is 391 g/mol. The molecule has 1 aliphatic rings. The van der Waals surface area contributed by atoms with E-state index in [1.165, 1.54) is 21.9 Å². The zero-order valence-electron chi connectivity index (χ0n) is 13.2. The van der Waals surface area contributed by atoms with Crippen LogP contribution in [0, 0.1) is 5.82 Å². The highest BCUT2D eigenvalue weighted by Gasteiger charge is 2.22. The Morgan fingerprint density at radius 3 is 2.54 bits per heavy atom. The van der Waals surface area contributed by atoms with E-state index in [-0.39, 0.29) is 11.7 Å². The number of rotatable bonds is 4. The minimum absolute atomic E-state index is 0.0252. The van der Waals surface area contributed by atoms with E-state index in [4.69, 9.17) is 0 Å². The highest BCUT2D eigenvalue weighted by molar-refractivity contribution is 9.11. The Labute approximate surface area is 153 Å². The third-order valence-electron chi connectivity index (χ3n) is 4.12. The van der Waals surface area contributed by atoms with Crippen molar-refractivity contribution in [1.82, 2.24) is 4.90 Å². The first-order chi connectivity index (χ1) is 11.6. The van der Waals surface area contributed by atoms with Crippen molar-refractivity contribution >= 4 is 39.2 Å². The molecule has 0 spiro atoms. The molecule has 3 rings (SSSR count). The molecule has 0 bridgehead atoms. The Morgan fingerprint density at radius 2 is 1.92 bits per heavy atom. The molecule has 1 aromatic heterocycles. The molecule has 2 heterocycles. The zero-order chi connectivity index (χ0) is 16.9. The largest absolute Gasteiger partial charge is 0.328 e. The number of quaternary nitrogens is 1. The van der Waals surface area contributed by atoms with E-state index in [2.05, 4.69) is 28.1 Å². The average molecular weight is 410 g/mol. The molecule has 1 aliphatic heterocycles. The number of thiophene rings is 1. The van der Waals surface area contributed by atoms with E-state index >= 15 is 0 Å². The Morgan fingerprint density at radius 1 is 1.21 bits per heavy atom. The molecular formula is C18H19BrFN2OS+. The summed E-state index contributed by atoms with van der Waals surface area (Å²) < 4.78 is 14.0. The number of carbonyl (C=O) groups excluding carboxylic acids is 1. The number of piperazine rings is 1. The topological polar surface area (TPSA) is 24.8 Å². The van der Waals surface area contributed by atoms with Crippen LogP contribution in [0.5, 0.6) is 0 Å². The highest BCUT2D eigenvalue weighted by atomic mass is 79.9. The van der Waals surface area contributed by atoms with E-state index in [0.717, 1.165) is 42.1 Å². The summed E-state index contributed by atoms with van der Waals surface area (Å²) in [5.74, 6) is -0.243. The number of nitrogens with zero attached hydrogens (tertiary/aromatic N) is 1. The van der Waals surface area contributed by atoms with Crippen molar-refractivity contribution in [2.75, 3.05) is 26.2 Å². The van der Waals surface area contributed by atoms with E-state index in [1.54, 1.807) is 35.6 Å². The molecule has 0 radical (unpaired) electrons. The molecule has 0 unspecified atom stereocenters. The summed E-state index contributed by atoms with van der Waals surface area (Å²) in [5.41, 5.74) is 0.831. The van der Waals surface area contributed by atoms with Gasteiger partial charge in [0.1, 0.15) is 12.4 Å². The van der Waals surface area contributed by atoms with Gasteiger partial charge in [-0.3, -0.25) is 4.79 Å². The molecule has 126 valence electrons. The third kappa shape index (κ3) is 4.75. The fourth-order valence-electron chi connectivity index (χ4n) is 2.76. The molecule has 24 heavy (non-hydrogen) atoms. The van der Waals surface area contributed by atoms with Crippen LogP contribution in [-0.4, -0.2) is 37.0 Å². The number of hydrogen-bond acceptors (Lipinski definition) is 2. The summed E-state index contributed by atoms with van der Waals surface area (Å²) in [4.78, 5) is 17.0. The normalized spacial score (nSPS) is 16.0. The first-order valence-electron chi connectivity index (χ1n) is 7.90. The monoisotopic (exact) mass is 409 g/mol. The molecule has 6 heteroatoms. The summed E-state index contributed by atoms with van der Waals surface area (Å²) in [7, 11) is 0. The Kier molecular flexibility index (Phi) is 5.81. The van der Waals surface area contributed by atoms with E-state index in [9.17, 15) is 9.18 Å². The summed E-state index contributed by atoms with van der Waals surface area (Å²) in [5, 5.41) is 0. The lowest BCUT2D eigenvalue weighted by molar-refractivity contribution is -0.917. The van der Waals surface area contributed by atoms with E-state index in [1.807, 2.05) is 4.90 Å². The maximum atomic E-state index is 12.9. The summed E-state index contributed by atoms with van der Waals surface area (Å²) in [6, 6.07) is 10.4. The molecule has 1 amide bonds. The molecule has 1 fully saturated rings. The van der Waals surface area contributed by atoms with Crippen LogP contribution in [0.2, 0.25) is 0 Å². The van der Waals surface area contributed by atoms with Crippen LogP contribution < -0.4 is 4.90 Å². The predicted molar refractivity (Wildman–Crippen MR) is 98.4 cm³/mol. The number of carbonyl (C=O) groups is 1. The van der Waals surface area contributed by atoms with Gasteiger partial charge in [0.2, 0.25) is 5.91 Å². The fourth-order valence-corrected chi connectivity index (χ4v) is 4.31. The van der Waals surface area contributed by atoms with Crippen LogP contribution in [0.25, 0.3) is 6.08 Å². The lowest BCUT2D eigenvalue weighted by Gasteiger charge is -2.31. The zero-order valence-corrected chi connectivity index (χ0v) is 15.6. The minimum atomic E-state index is -0.268. The van der Waals surface area contributed by atoms with Gasteiger partial charge < -0.3 is 9.80 Å². The molecule has 1 aromatic carbocycles. The van der Waals surface area contributed by atoms with Crippen molar-refractivity contribution in [3.05, 3.63) is 62.5 Å². The SMILES string of the molecule is O=C(/C=C/c1ccc(F)cc1)N1CC[NH+](Cc2ccc(Br)s2)CC1. The van der Waals surface area contributed by atoms with Gasteiger partial charge in [-0.1, -0.05) is 12.1 Å². The second-order valence-electron chi connectivity index (χ2n) is 5.84. The van der Waals surface area contributed by atoms with Crippen LogP contribution in [0.3, 0.4) is 0 Å². The summed E-state index contributed by atoms with van der Waals surface area (Å²) >= 11 is 5.27. The lowest BCUT2D eigenvalue weighted by atomic mass is 10.2. The molecule has 2 aromatic rings. The molecule has 1 N–H and O–H groups in total. The van der Waals surface area contributed by atoms with Gasteiger partial charge in [0.25, 0.3) is 0 Å². The second kappa shape index (κ2) is 8.05. The van der Waals surface area contributed by atoms with Crippen LogP contribution in [0.1, 0.15) is 10.4 Å².